The lowest BCUT2D eigenvalue weighted by Crippen LogP contribution is -2.43. The summed E-state index contributed by atoms with van der Waals surface area (Å²) in [6, 6.07) is 8.45. The summed E-state index contributed by atoms with van der Waals surface area (Å²) < 4.78 is 52.4. The van der Waals surface area contributed by atoms with E-state index in [4.69, 9.17) is 0 Å². The third kappa shape index (κ3) is 4.99. The minimum Gasteiger partial charge on any atom is -0.361 e. The third-order valence-electron chi connectivity index (χ3n) is 6.92. The summed E-state index contributed by atoms with van der Waals surface area (Å²) in [5, 5.41) is 5.59. The van der Waals surface area contributed by atoms with Crippen LogP contribution in [0.15, 0.2) is 42.6 Å². The van der Waals surface area contributed by atoms with Crippen LogP contribution in [-0.4, -0.2) is 67.8 Å². The fraction of sp³-hybridized carbons (Fsp3) is 0.259. The molecule has 0 bridgehead atoms. The van der Waals surface area contributed by atoms with Gasteiger partial charge in [0.15, 0.2) is 9.84 Å². The Bertz CT molecular complexity index is 1550. The number of carbonyl (C=O) groups is 2. The van der Waals surface area contributed by atoms with Gasteiger partial charge in [0.25, 0.3) is 11.8 Å². The van der Waals surface area contributed by atoms with E-state index >= 15 is 0 Å². The number of halogens is 2. The zero-order chi connectivity index (χ0) is 27.0. The summed E-state index contributed by atoms with van der Waals surface area (Å²) in [5.74, 6) is -1.96. The van der Waals surface area contributed by atoms with Gasteiger partial charge in [0.1, 0.15) is 11.6 Å². The average Bonchev–Trinajstić information content (AvgIpc) is 3.39. The Morgan fingerprint density at radius 3 is 2.47 bits per heavy atom. The Morgan fingerprint density at radius 2 is 1.76 bits per heavy atom. The highest BCUT2D eigenvalue weighted by Crippen LogP contribution is 2.42. The SMILES string of the molecule is Cc1c(C(=O)NCCN2CCS(=O)(=O)CC2)c[nH]c1C=C1C(=O)Nc2cccc(-c3c(F)cccc3F)c21. The van der Waals surface area contributed by atoms with Crippen molar-refractivity contribution in [1.82, 2.24) is 15.2 Å². The first-order valence-corrected chi connectivity index (χ1v) is 14.0. The molecule has 1 aromatic heterocycles. The largest absolute Gasteiger partial charge is 0.361 e. The normalized spacial score (nSPS) is 17.9. The number of nitrogens with zero attached hydrogens (tertiary/aromatic N) is 1. The van der Waals surface area contributed by atoms with Crippen molar-refractivity contribution in [2.75, 3.05) is 43.0 Å². The van der Waals surface area contributed by atoms with Crippen LogP contribution in [0.3, 0.4) is 0 Å². The number of carbonyl (C=O) groups excluding carboxylic acids is 2. The van der Waals surface area contributed by atoms with E-state index in [2.05, 4.69) is 15.6 Å². The van der Waals surface area contributed by atoms with Crippen LogP contribution in [0.1, 0.15) is 27.2 Å². The summed E-state index contributed by atoms with van der Waals surface area (Å²) in [6.45, 7) is 3.52. The molecule has 2 aliphatic rings. The smallest absolute Gasteiger partial charge is 0.256 e. The van der Waals surface area contributed by atoms with Gasteiger partial charge >= 0.3 is 0 Å². The van der Waals surface area contributed by atoms with Gasteiger partial charge in [-0.3, -0.25) is 14.5 Å². The second-order valence-corrected chi connectivity index (χ2v) is 11.6. The minimum absolute atomic E-state index is 0.123. The number of amides is 2. The summed E-state index contributed by atoms with van der Waals surface area (Å²) in [5.41, 5.74) is 2.57. The van der Waals surface area contributed by atoms with E-state index in [0.717, 1.165) is 0 Å². The van der Waals surface area contributed by atoms with E-state index in [1.54, 1.807) is 37.4 Å². The van der Waals surface area contributed by atoms with Crippen molar-refractivity contribution < 1.29 is 26.8 Å². The molecule has 198 valence electrons. The predicted octanol–water partition coefficient (Wildman–Crippen LogP) is 3.22. The Balaban J connectivity index is 1.37. The summed E-state index contributed by atoms with van der Waals surface area (Å²) >= 11 is 0. The van der Waals surface area contributed by atoms with Crippen LogP contribution in [-0.2, 0) is 14.6 Å². The molecular formula is C27H26F2N4O4S. The molecule has 2 amide bonds. The molecule has 5 rings (SSSR count). The molecule has 0 saturated carbocycles. The fourth-order valence-corrected chi connectivity index (χ4v) is 6.07. The lowest BCUT2D eigenvalue weighted by Gasteiger charge is -2.26. The quantitative estimate of drug-likeness (QED) is 0.416. The van der Waals surface area contributed by atoms with Gasteiger partial charge in [-0.25, -0.2) is 17.2 Å². The number of hydrogen-bond acceptors (Lipinski definition) is 5. The molecular weight excluding hydrogens is 514 g/mol. The summed E-state index contributed by atoms with van der Waals surface area (Å²) in [6.07, 6.45) is 3.12. The Morgan fingerprint density at radius 1 is 1.08 bits per heavy atom. The van der Waals surface area contributed by atoms with E-state index in [0.29, 0.717) is 54.3 Å². The number of anilines is 1. The second-order valence-electron chi connectivity index (χ2n) is 9.33. The molecule has 0 radical (unpaired) electrons. The first kappa shape index (κ1) is 25.8. The Labute approximate surface area is 218 Å². The maximum atomic E-state index is 14.6. The molecule has 3 N–H and O–H groups in total. The van der Waals surface area contributed by atoms with Gasteiger partial charge in [-0.1, -0.05) is 18.2 Å². The lowest BCUT2D eigenvalue weighted by atomic mass is 9.93. The number of aromatic nitrogens is 1. The van der Waals surface area contributed by atoms with Crippen molar-refractivity contribution >= 4 is 39.0 Å². The van der Waals surface area contributed by atoms with Gasteiger partial charge in [0.05, 0.1) is 28.2 Å². The number of fused-ring (bicyclic) bond motifs is 1. The van der Waals surface area contributed by atoms with Gasteiger partial charge in [-0.05, 0) is 42.3 Å². The Hall–Kier alpha value is -3.83. The van der Waals surface area contributed by atoms with E-state index in [9.17, 15) is 26.8 Å². The van der Waals surface area contributed by atoms with Gasteiger partial charge in [-0.2, -0.15) is 0 Å². The van der Waals surface area contributed by atoms with Crippen LogP contribution in [0.4, 0.5) is 14.5 Å². The van der Waals surface area contributed by atoms with E-state index in [1.165, 1.54) is 18.2 Å². The highest BCUT2D eigenvalue weighted by molar-refractivity contribution is 7.91. The minimum atomic E-state index is -2.96. The second kappa shape index (κ2) is 10.1. The molecule has 11 heteroatoms. The standard InChI is InChI=1S/C27H26F2N4O4S/c1-16-19(26(34)30-8-9-33-10-12-38(36,37)13-11-33)15-31-23(16)14-18-24-17(4-2-7-22(24)32-27(18)35)25-20(28)5-3-6-21(25)29/h2-7,14-15,31H,8-13H2,1H3,(H,30,34)(H,32,35). The molecule has 3 heterocycles. The molecule has 3 aromatic rings. The van der Waals surface area contributed by atoms with Crippen molar-refractivity contribution in [3.05, 3.63) is 76.6 Å². The van der Waals surface area contributed by atoms with Crippen molar-refractivity contribution in [2.45, 2.75) is 6.92 Å². The van der Waals surface area contributed by atoms with E-state index in [-0.39, 0.29) is 34.1 Å². The number of benzene rings is 2. The summed E-state index contributed by atoms with van der Waals surface area (Å²) in [4.78, 5) is 30.7. The Kier molecular flexibility index (Phi) is 6.89. The average molecular weight is 541 g/mol. The third-order valence-corrected chi connectivity index (χ3v) is 8.53. The zero-order valence-corrected chi connectivity index (χ0v) is 21.4. The molecule has 0 aliphatic carbocycles. The molecule has 38 heavy (non-hydrogen) atoms. The molecule has 0 spiro atoms. The highest BCUT2D eigenvalue weighted by atomic mass is 32.2. The molecule has 2 aromatic carbocycles. The molecule has 8 nitrogen and oxygen atoms in total. The molecule has 2 aliphatic heterocycles. The number of nitrogens with one attached hydrogen (secondary N) is 3. The summed E-state index contributed by atoms with van der Waals surface area (Å²) in [7, 11) is -2.96. The topological polar surface area (TPSA) is 111 Å². The van der Waals surface area contributed by atoms with Crippen LogP contribution in [0.25, 0.3) is 22.8 Å². The predicted molar refractivity (Wildman–Crippen MR) is 141 cm³/mol. The van der Waals surface area contributed by atoms with E-state index in [1.807, 2.05) is 4.90 Å². The molecule has 1 saturated heterocycles. The van der Waals surface area contributed by atoms with Crippen molar-refractivity contribution in [3.8, 4) is 11.1 Å². The number of hydrogen-bond donors (Lipinski definition) is 3. The van der Waals surface area contributed by atoms with Gasteiger partial charge in [0.2, 0.25) is 0 Å². The lowest BCUT2D eigenvalue weighted by molar-refractivity contribution is -0.110. The van der Waals surface area contributed by atoms with Crippen molar-refractivity contribution in [1.29, 1.82) is 0 Å². The van der Waals surface area contributed by atoms with Crippen LogP contribution < -0.4 is 10.6 Å². The van der Waals surface area contributed by atoms with Crippen LogP contribution in [0.2, 0.25) is 0 Å². The highest BCUT2D eigenvalue weighted by Gasteiger charge is 2.30. The van der Waals surface area contributed by atoms with Gasteiger partial charge in [-0.15, -0.1) is 0 Å². The number of aromatic amines is 1. The van der Waals surface area contributed by atoms with Gasteiger partial charge in [0, 0.05) is 49.3 Å². The van der Waals surface area contributed by atoms with Crippen LogP contribution >= 0.6 is 0 Å². The maximum Gasteiger partial charge on any atom is 0.256 e. The van der Waals surface area contributed by atoms with Crippen LogP contribution in [0, 0.1) is 18.6 Å². The van der Waals surface area contributed by atoms with Gasteiger partial charge < -0.3 is 15.6 Å². The molecule has 0 unspecified atom stereocenters. The maximum absolute atomic E-state index is 14.6. The number of sulfone groups is 1. The first-order chi connectivity index (χ1) is 18.1. The molecule has 1 fully saturated rings. The number of H-pyrrole nitrogens is 1. The zero-order valence-electron chi connectivity index (χ0n) is 20.6. The van der Waals surface area contributed by atoms with Crippen LogP contribution in [0.5, 0.6) is 0 Å². The van der Waals surface area contributed by atoms with E-state index < -0.39 is 27.4 Å². The van der Waals surface area contributed by atoms with Crippen molar-refractivity contribution in [2.24, 2.45) is 0 Å². The first-order valence-electron chi connectivity index (χ1n) is 12.1. The van der Waals surface area contributed by atoms with Crippen molar-refractivity contribution in [3.63, 3.8) is 0 Å². The monoisotopic (exact) mass is 540 g/mol. The molecule has 0 atom stereocenters. The fourth-order valence-electron chi connectivity index (χ4n) is 4.79. The number of rotatable bonds is 6.